The van der Waals surface area contributed by atoms with Crippen molar-refractivity contribution in [3.05, 3.63) is 23.4 Å². The number of aromatic nitrogens is 1. The smallest absolute Gasteiger partial charge is 0.238 e. The van der Waals surface area contributed by atoms with E-state index in [1.165, 1.54) is 12.3 Å². The van der Waals surface area contributed by atoms with Gasteiger partial charge in [0.25, 0.3) is 0 Å². The van der Waals surface area contributed by atoms with Crippen molar-refractivity contribution in [3.63, 3.8) is 0 Å². The molecule has 0 atom stereocenters. The summed E-state index contributed by atoms with van der Waals surface area (Å²) < 4.78 is 25.0. The second-order valence-corrected chi connectivity index (χ2v) is 6.95. The molecule has 1 N–H and O–H groups in total. The van der Waals surface area contributed by atoms with Gasteiger partial charge in [0.05, 0.1) is 4.75 Å². The van der Waals surface area contributed by atoms with Gasteiger partial charge >= 0.3 is 0 Å². The van der Waals surface area contributed by atoms with E-state index in [4.69, 9.17) is 11.6 Å². The van der Waals surface area contributed by atoms with Gasteiger partial charge in [0.1, 0.15) is 5.82 Å². The molecule has 15 heavy (non-hydrogen) atoms. The number of hydrogen-bond acceptors (Lipinski definition) is 3. The van der Waals surface area contributed by atoms with Gasteiger partial charge in [0.2, 0.25) is 10.0 Å². The summed E-state index contributed by atoms with van der Waals surface area (Å²) in [7, 11) is -3.44. The number of nitrogens with zero attached hydrogens (tertiary/aromatic N) is 1. The summed E-state index contributed by atoms with van der Waals surface area (Å²) in [6.07, 6.45) is 1.45. The number of pyridine rings is 1. The maximum Gasteiger partial charge on any atom is 0.238 e. The van der Waals surface area contributed by atoms with Crippen LogP contribution in [0.25, 0.3) is 0 Å². The molecule has 1 aromatic rings. The quantitative estimate of drug-likeness (QED) is 0.874. The van der Waals surface area contributed by atoms with Crippen molar-refractivity contribution in [2.45, 2.75) is 25.5 Å². The third-order valence-corrected chi connectivity index (χ3v) is 4.09. The average Bonchev–Trinajstić information content (AvgIpc) is 2.00. The van der Waals surface area contributed by atoms with E-state index >= 15 is 0 Å². The van der Waals surface area contributed by atoms with E-state index in [-0.39, 0.29) is 5.82 Å². The van der Waals surface area contributed by atoms with Gasteiger partial charge < -0.3 is 0 Å². The van der Waals surface area contributed by atoms with Gasteiger partial charge in [-0.3, -0.25) is 4.72 Å². The molecule has 84 valence electrons. The van der Waals surface area contributed by atoms with Gasteiger partial charge in [0.15, 0.2) is 0 Å². The number of anilines is 1. The largest absolute Gasteiger partial charge is 0.267 e. The molecule has 6 heteroatoms. The molecular weight excluding hydrogens is 236 g/mol. The van der Waals surface area contributed by atoms with Crippen molar-refractivity contribution in [2.75, 3.05) is 4.72 Å². The molecule has 0 saturated carbocycles. The molecule has 1 heterocycles. The van der Waals surface area contributed by atoms with E-state index in [1.807, 2.05) is 0 Å². The Morgan fingerprint density at radius 1 is 1.40 bits per heavy atom. The molecule has 4 nitrogen and oxygen atoms in total. The van der Waals surface area contributed by atoms with E-state index in [2.05, 4.69) is 9.71 Å². The Bertz CT molecular complexity index is 451. The third kappa shape index (κ3) is 3.07. The van der Waals surface area contributed by atoms with Crippen molar-refractivity contribution in [1.29, 1.82) is 0 Å². The summed E-state index contributed by atoms with van der Waals surface area (Å²) >= 11 is 5.71. The first-order valence-electron chi connectivity index (χ1n) is 4.36. The Morgan fingerprint density at radius 2 is 2.00 bits per heavy atom. The molecule has 0 amide bonds. The fourth-order valence-electron chi connectivity index (χ4n) is 0.751. The van der Waals surface area contributed by atoms with E-state index in [0.29, 0.717) is 5.02 Å². The third-order valence-electron chi connectivity index (χ3n) is 1.77. The molecule has 0 aliphatic rings. The maximum absolute atomic E-state index is 11.7. The maximum atomic E-state index is 11.7. The fraction of sp³-hybridized carbons (Fsp3) is 0.444. The molecule has 1 rings (SSSR count). The number of hydrogen-bond donors (Lipinski definition) is 1. The lowest BCUT2D eigenvalue weighted by Crippen LogP contribution is -2.33. The van der Waals surface area contributed by atoms with Crippen LogP contribution in [0.3, 0.4) is 0 Å². The number of rotatable bonds is 2. The highest BCUT2D eigenvalue weighted by molar-refractivity contribution is 7.94. The Kier molecular flexibility index (Phi) is 3.25. The summed E-state index contributed by atoms with van der Waals surface area (Å²) in [4.78, 5) is 3.86. The van der Waals surface area contributed by atoms with Crippen LogP contribution in [0.5, 0.6) is 0 Å². The Balaban J connectivity index is 2.98. The van der Waals surface area contributed by atoms with Crippen molar-refractivity contribution in [3.8, 4) is 0 Å². The van der Waals surface area contributed by atoms with E-state index in [0.717, 1.165) is 0 Å². The highest BCUT2D eigenvalue weighted by atomic mass is 35.5. The molecule has 0 unspecified atom stereocenters. The summed E-state index contributed by atoms with van der Waals surface area (Å²) in [6.45, 7) is 4.83. The van der Waals surface area contributed by atoms with Gasteiger partial charge in [-0.25, -0.2) is 13.4 Å². The molecule has 0 aliphatic heterocycles. The van der Waals surface area contributed by atoms with Crippen LogP contribution in [0.15, 0.2) is 18.3 Å². The SMILES string of the molecule is CC(C)(C)S(=O)(=O)Nc1cc(Cl)ccn1. The molecular formula is C9H13ClN2O2S. The van der Waals surface area contributed by atoms with Gasteiger partial charge in [-0.15, -0.1) is 0 Å². The normalized spacial score (nSPS) is 12.5. The van der Waals surface area contributed by atoms with E-state index in [1.54, 1.807) is 26.8 Å². The van der Waals surface area contributed by atoms with Crippen LogP contribution in [-0.2, 0) is 10.0 Å². The molecule has 0 radical (unpaired) electrons. The first kappa shape index (κ1) is 12.3. The van der Waals surface area contributed by atoms with Gasteiger partial charge in [-0.05, 0) is 26.8 Å². The lowest BCUT2D eigenvalue weighted by Gasteiger charge is -2.19. The highest BCUT2D eigenvalue weighted by Gasteiger charge is 2.29. The zero-order valence-electron chi connectivity index (χ0n) is 8.78. The average molecular weight is 249 g/mol. The Hall–Kier alpha value is -0.810. The van der Waals surface area contributed by atoms with Crippen molar-refractivity contribution < 1.29 is 8.42 Å². The minimum absolute atomic E-state index is 0.234. The lowest BCUT2D eigenvalue weighted by atomic mass is 10.3. The highest BCUT2D eigenvalue weighted by Crippen LogP contribution is 2.19. The summed E-state index contributed by atoms with van der Waals surface area (Å²) in [6, 6.07) is 3.04. The van der Waals surface area contributed by atoms with Gasteiger partial charge in [-0.2, -0.15) is 0 Å². The van der Waals surface area contributed by atoms with E-state index < -0.39 is 14.8 Å². The second-order valence-electron chi connectivity index (χ2n) is 4.08. The first-order valence-corrected chi connectivity index (χ1v) is 6.22. The minimum atomic E-state index is -3.44. The topological polar surface area (TPSA) is 59.1 Å². The lowest BCUT2D eigenvalue weighted by molar-refractivity contribution is 0.566. The predicted molar refractivity (Wildman–Crippen MR) is 61.5 cm³/mol. The molecule has 0 aliphatic carbocycles. The molecule has 0 bridgehead atoms. The van der Waals surface area contributed by atoms with E-state index in [9.17, 15) is 8.42 Å². The van der Waals surface area contributed by atoms with Crippen LogP contribution in [0, 0.1) is 0 Å². The van der Waals surface area contributed by atoms with Crippen molar-refractivity contribution >= 4 is 27.4 Å². The Labute approximate surface area is 94.7 Å². The minimum Gasteiger partial charge on any atom is -0.267 e. The van der Waals surface area contributed by atoms with Crippen LogP contribution >= 0.6 is 11.6 Å². The number of halogens is 1. The van der Waals surface area contributed by atoms with Crippen LogP contribution in [0.1, 0.15) is 20.8 Å². The first-order chi connectivity index (χ1) is 6.72. The van der Waals surface area contributed by atoms with Gasteiger partial charge in [-0.1, -0.05) is 11.6 Å². The predicted octanol–water partition coefficient (Wildman–Crippen LogP) is 2.28. The van der Waals surface area contributed by atoms with Crippen LogP contribution in [0.4, 0.5) is 5.82 Å². The second kappa shape index (κ2) is 3.98. The number of nitrogens with one attached hydrogen (secondary N) is 1. The van der Waals surface area contributed by atoms with Crippen LogP contribution < -0.4 is 4.72 Å². The summed E-state index contributed by atoms with van der Waals surface area (Å²) in [5.74, 6) is 0.234. The van der Waals surface area contributed by atoms with Gasteiger partial charge in [0, 0.05) is 17.3 Å². The summed E-state index contributed by atoms with van der Waals surface area (Å²) in [5.41, 5.74) is 0. The number of sulfonamides is 1. The molecule has 0 aromatic carbocycles. The molecule has 0 spiro atoms. The summed E-state index contributed by atoms with van der Waals surface area (Å²) in [5, 5.41) is 0.441. The van der Waals surface area contributed by atoms with Crippen molar-refractivity contribution in [1.82, 2.24) is 4.98 Å². The van der Waals surface area contributed by atoms with Crippen LogP contribution in [-0.4, -0.2) is 18.1 Å². The Morgan fingerprint density at radius 3 is 2.47 bits per heavy atom. The molecule has 1 aromatic heterocycles. The zero-order valence-corrected chi connectivity index (χ0v) is 10.4. The monoisotopic (exact) mass is 248 g/mol. The standard InChI is InChI=1S/C9H13ClN2O2S/c1-9(2,3)15(13,14)12-8-6-7(10)4-5-11-8/h4-6H,1-3H3,(H,11,12). The van der Waals surface area contributed by atoms with Crippen molar-refractivity contribution in [2.24, 2.45) is 0 Å². The zero-order chi connectivity index (χ0) is 11.7. The molecule has 0 fully saturated rings. The van der Waals surface area contributed by atoms with Crippen LogP contribution in [0.2, 0.25) is 5.02 Å². The molecule has 0 saturated heterocycles. The fourth-order valence-corrected chi connectivity index (χ4v) is 1.60.